The lowest BCUT2D eigenvalue weighted by atomic mass is 10.2. The number of hydrogen-bond acceptors (Lipinski definition) is 4. The molecule has 1 N–H and O–H groups in total. The molecule has 0 atom stereocenters. The van der Waals surface area contributed by atoms with Gasteiger partial charge in [0.25, 0.3) is 5.91 Å². The lowest BCUT2D eigenvalue weighted by Gasteiger charge is -2.28. The molecule has 1 aliphatic heterocycles. The van der Waals surface area contributed by atoms with Crippen LogP contribution in [0.25, 0.3) is 0 Å². The SMILES string of the molecule is Cc1cccc(OCC(=O)NCc2ccc(N3CCSCC3)cc2)c1. The standard InChI is InChI=1S/C20H24N2O2S/c1-16-3-2-4-19(13-16)24-15-20(23)21-14-17-5-7-18(8-6-17)22-9-11-25-12-10-22/h2-8,13H,9-12,14-15H2,1H3,(H,21,23). The Hall–Kier alpha value is -2.14. The predicted octanol–water partition coefficient (Wildman–Crippen LogP) is 3.24. The third kappa shape index (κ3) is 5.43. The summed E-state index contributed by atoms with van der Waals surface area (Å²) in [4.78, 5) is 14.4. The molecule has 1 aliphatic rings. The van der Waals surface area contributed by atoms with Gasteiger partial charge in [-0.05, 0) is 42.3 Å². The van der Waals surface area contributed by atoms with Crippen molar-refractivity contribution in [3.8, 4) is 5.75 Å². The Morgan fingerprint density at radius 1 is 1.16 bits per heavy atom. The maximum absolute atomic E-state index is 11.9. The molecule has 4 nitrogen and oxygen atoms in total. The van der Waals surface area contributed by atoms with Crippen LogP contribution in [0.5, 0.6) is 5.75 Å². The van der Waals surface area contributed by atoms with Crippen molar-refractivity contribution in [2.45, 2.75) is 13.5 Å². The van der Waals surface area contributed by atoms with Crippen molar-refractivity contribution >= 4 is 23.4 Å². The summed E-state index contributed by atoms with van der Waals surface area (Å²) in [5, 5.41) is 2.90. The smallest absolute Gasteiger partial charge is 0.258 e. The monoisotopic (exact) mass is 356 g/mol. The zero-order valence-corrected chi connectivity index (χ0v) is 15.3. The molecule has 1 saturated heterocycles. The summed E-state index contributed by atoms with van der Waals surface area (Å²) in [6.07, 6.45) is 0. The van der Waals surface area contributed by atoms with E-state index in [-0.39, 0.29) is 12.5 Å². The maximum atomic E-state index is 11.9. The lowest BCUT2D eigenvalue weighted by molar-refractivity contribution is -0.123. The molecule has 1 heterocycles. The van der Waals surface area contributed by atoms with Gasteiger partial charge in [0.05, 0.1) is 0 Å². The molecule has 0 bridgehead atoms. The van der Waals surface area contributed by atoms with Crippen molar-refractivity contribution in [1.82, 2.24) is 5.32 Å². The minimum atomic E-state index is -0.112. The number of carbonyl (C=O) groups is 1. The second-order valence-electron chi connectivity index (χ2n) is 6.15. The molecule has 2 aromatic rings. The van der Waals surface area contributed by atoms with Crippen molar-refractivity contribution in [1.29, 1.82) is 0 Å². The van der Waals surface area contributed by atoms with Gasteiger partial charge >= 0.3 is 0 Å². The highest BCUT2D eigenvalue weighted by Crippen LogP contribution is 2.19. The number of rotatable bonds is 6. The number of amides is 1. The first-order chi connectivity index (χ1) is 12.2. The van der Waals surface area contributed by atoms with Gasteiger partial charge in [0.2, 0.25) is 0 Å². The number of thioether (sulfide) groups is 1. The number of hydrogen-bond donors (Lipinski definition) is 1. The Morgan fingerprint density at radius 3 is 2.64 bits per heavy atom. The van der Waals surface area contributed by atoms with Gasteiger partial charge in [-0.25, -0.2) is 0 Å². The average Bonchev–Trinajstić information content (AvgIpc) is 2.66. The van der Waals surface area contributed by atoms with Crippen LogP contribution in [0.15, 0.2) is 48.5 Å². The quantitative estimate of drug-likeness (QED) is 0.863. The molecule has 0 aliphatic carbocycles. The number of benzene rings is 2. The Balaban J connectivity index is 1.43. The van der Waals surface area contributed by atoms with E-state index in [1.807, 2.05) is 43.0 Å². The van der Waals surface area contributed by atoms with Crippen LogP contribution >= 0.6 is 11.8 Å². The summed E-state index contributed by atoms with van der Waals surface area (Å²) in [5.41, 5.74) is 3.47. The van der Waals surface area contributed by atoms with Crippen LogP contribution in [-0.4, -0.2) is 37.1 Å². The van der Waals surface area contributed by atoms with Gasteiger partial charge in [-0.3, -0.25) is 4.79 Å². The molecule has 0 spiro atoms. The largest absolute Gasteiger partial charge is 0.484 e. The average molecular weight is 356 g/mol. The van der Waals surface area contributed by atoms with Crippen molar-refractivity contribution in [2.24, 2.45) is 0 Å². The van der Waals surface area contributed by atoms with Crippen molar-refractivity contribution in [3.05, 3.63) is 59.7 Å². The summed E-state index contributed by atoms with van der Waals surface area (Å²) in [7, 11) is 0. The molecule has 1 fully saturated rings. The Kier molecular flexibility index (Phi) is 6.23. The Labute approximate surface area is 153 Å². The van der Waals surface area contributed by atoms with E-state index in [9.17, 15) is 4.79 Å². The number of nitrogens with zero attached hydrogens (tertiary/aromatic N) is 1. The minimum Gasteiger partial charge on any atom is -0.484 e. The number of ether oxygens (including phenoxy) is 1. The third-order valence-corrected chi connectivity index (χ3v) is 5.10. The zero-order chi connectivity index (χ0) is 17.5. The van der Waals surface area contributed by atoms with E-state index in [1.165, 1.54) is 17.2 Å². The predicted molar refractivity (Wildman–Crippen MR) is 105 cm³/mol. The fourth-order valence-corrected chi connectivity index (χ4v) is 3.65. The van der Waals surface area contributed by atoms with Gasteiger partial charge in [0.1, 0.15) is 5.75 Å². The third-order valence-electron chi connectivity index (χ3n) is 4.16. The van der Waals surface area contributed by atoms with Crippen molar-refractivity contribution < 1.29 is 9.53 Å². The molecule has 25 heavy (non-hydrogen) atoms. The van der Waals surface area contributed by atoms with Gasteiger partial charge in [0.15, 0.2) is 6.61 Å². The van der Waals surface area contributed by atoms with Gasteiger partial charge < -0.3 is 15.0 Å². The molecule has 3 rings (SSSR count). The molecule has 2 aromatic carbocycles. The highest BCUT2D eigenvalue weighted by molar-refractivity contribution is 7.99. The second-order valence-corrected chi connectivity index (χ2v) is 7.37. The highest BCUT2D eigenvalue weighted by Gasteiger charge is 2.11. The van der Waals surface area contributed by atoms with Crippen LogP contribution in [-0.2, 0) is 11.3 Å². The fourth-order valence-electron chi connectivity index (χ4n) is 2.75. The fraction of sp³-hybridized carbons (Fsp3) is 0.350. The second kappa shape index (κ2) is 8.81. The molecular formula is C20H24N2O2S. The molecule has 5 heteroatoms. The summed E-state index contributed by atoms with van der Waals surface area (Å²) in [6.45, 7) is 4.77. The van der Waals surface area contributed by atoms with Gasteiger partial charge in [-0.2, -0.15) is 11.8 Å². The first-order valence-electron chi connectivity index (χ1n) is 8.58. The van der Waals surface area contributed by atoms with E-state index < -0.39 is 0 Å². The van der Waals surface area contributed by atoms with Gasteiger partial charge in [-0.1, -0.05) is 24.3 Å². The molecular weight excluding hydrogens is 332 g/mol. The van der Waals surface area contributed by atoms with Crippen molar-refractivity contribution in [2.75, 3.05) is 36.1 Å². The molecule has 0 saturated carbocycles. The minimum absolute atomic E-state index is 0.0347. The summed E-state index contributed by atoms with van der Waals surface area (Å²) in [5.74, 6) is 3.00. The first-order valence-corrected chi connectivity index (χ1v) is 9.74. The van der Waals surface area contributed by atoms with E-state index in [2.05, 4.69) is 34.5 Å². The summed E-state index contributed by atoms with van der Waals surface area (Å²) >= 11 is 2.01. The Bertz CT molecular complexity index is 697. The van der Waals surface area contributed by atoms with E-state index in [0.717, 1.165) is 30.0 Å². The van der Waals surface area contributed by atoms with Gasteiger partial charge in [-0.15, -0.1) is 0 Å². The molecule has 0 radical (unpaired) electrons. The van der Waals surface area contributed by atoms with Gasteiger partial charge in [0, 0.05) is 36.8 Å². The van der Waals surface area contributed by atoms with E-state index >= 15 is 0 Å². The topological polar surface area (TPSA) is 41.6 Å². The number of carbonyl (C=O) groups excluding carboxylic acids is 1. The normalized spacial score (nSPS) is 14.2. The van der Waals surface area contributed by atoms with E-state index in [0.29, 0.717) is 6.54 Å². The van der Waals surface area contributed by atoms with Crippen LogP contribution in [0.3, 0.4) is 0 Å². The lowest BCUT2D eigenvalue weighted by Crippen LogP contribution is -2.32. The van der Waals surface area contributed by atoms with E-state index in [1.54, 1.807) is 0 Å². The van der Waals surface area contributed by atoms with Crippen LogP contribution in [0.1, 0.15) is 11.1 Å². The summed E-state index contributed by atoms with van der Waals surface area (Å²) < 4.78 is 5.51. The highest BCUT2D eigenvalue weighted by atomic mass is 32.2. The number of aryl methyl sites for hydroxylation is 1. The number of nitrogens with one attached hydrogen (secondary N) is 1. The first kappa shape index (κ1) is 17.7. The molecule has 0 aromatic heterocycles. The number of anilines is 1. The maximum Gasteiger partial charge on any atom is 0.258 e. The zero-order valence-electron chi connectivity index (χ0n) is 14.5. The van der Waals surface area contributed by atoms with Crippen LogP contribution in [0.2, 0.25) is 0 Å². The van der Waals surface area contributed by atoms with Crippen LogP contribution in [0.4, 0.5) is 5.69 Å². The van der Waals surface area contributed by atoms with Crippen LogP contribution < -0.4 is 15.0 Å². The molecule has 0 unspecified atom stereocenters. The van der Waals surface area contributed by atoms with Crippen molar-refractivity contribution in [3.63, 3.8) is 0 Å². The Morgan fingerprint density at radius 2 is 1.92 bits per heavy atom. The molecule has 132 valence electrons. The van der Waals surface area contributed by atoms with E-state index in [4.69, 9.17) is 4.74 Å². The summed E-state index contributed by atoms with van der Waals surface area (Å²) in [6, 6.07) is 16.1. The van der Waals surface area contributed by atoms with Crippen LogP contribution in [0, 0.1) is 6.92 Å². The molecule has 1 amide bonds.